The molecular weight excluding hydrogens is 437 g/mol. The number of amides is 2. The van der Waals surface area contributed by atoms with Crippen LogP contribution in [0.2, 0.25) is 10.0 Å². The topological polar surface area (TPSA) is 81.1 Å². The van der Waals surface area contributed by atoms with Crippen molar-refractivity contribution in [1.29, 1.82) is 0 Å². The smallest absolute Gasteiger partial charge is 0.317 e. The van der Waals surface area contributed by atoms with Gasteiger partial charge in [0.05, 0.1) is 22.3 Å². The molecule has 0 aliphatic carbocycles. The van der Waals surface area contributed by atoms with Crippen LogP contribution in [0.5, 0.6) is 0 Å². The summed E-state index contributed by atoms with van der Waals surface area (Å²) in [5, 5.41) is 15.6. The zero-order valence-corrected chi connectivity index (χ0v) is 19.4. The Balaban J connectivity index is 1.75. The van der Waals surface area contributed by atoms with Crippen molar-refractivity contribution in [3.63, 3.8) is 0 Å². The van der Waals surface area contributed by atoms with Crippen molar-refractivity contribution in [2.45, 2.75) is 31.8 Å². The van der Waals surface area contributed by atoms with Gasteiger partial charge in [-0.25, -0.2) is 4.79 Å². The number of oxime groups is 1. The summed E-state index contributed by atoms with van der Waals surface area (Å²) in [4.78, 5) is 21.0. The Hall–Kier alpha value is -2.35. The summed E-state index contributed by atoms with van der Waals surface area (Å²) in [5.41, 5.74) is 2.82. The van der Waals surface area contributed by atoms with E-state index in [2.05, 4.69) is 27.4 Å². The average Bonchev–Trinajstić information content (AvgIpc) is 2.76. The van der Waals surface area contributed by atoms with Gasteiger partial charge in [-0.05, 0) is 51.5 Å². The fraction of sp³-hybridized carbons (Fsp3) is 0.409. The number of pyridine rings is 1. The second-order valence-electron chi connectivity index (χ2n) is 7.90. The molecule has 31 heavy (non-hydrogen) atoms. The fourth-order valence-corrected chi connectivity index (χ4v) is 4.39. The number of likely N-dealkylation sites (tertiary alicyclic amines) is 1. The molecule has 2 amide bonds. The zero-order valence-electron chi connectivity index (χ0n) is 17.8. The van der Waals surface area contributed by atoms with Gasteiger partial charge in [0.2, 0.25) is 0 Å². The van der Waals surface area contributed by atoms with Crippen molar-refractivity contribution in [1.82, 2.24) is 20.1 Å². The average molecular weight is 464 g/mol. The van der Waals surface area contributed by atoms with Crippen molar-refractivity contribution in [2.75, 3.05) is 27.2 Å². The molecule has 2 aromatic rings. The summed E-state index contributed by atoms with van der Waals surface area (Å²) in [7, 11) is 3.94. The van der Waals surface area contributed by atoms with E-state index >= 15 is 0 Å². The number of halogens is 2. The van der Waals surface area contributed by atoms with Crippen LogP contribution in [0.1, 0.15) is 36.9 Å². The van der Waals surface area contributed by atoms with Gasteiger partial charge in [0.15, 0.2) is 0 Å². The summed E-state index contributed by atoms with van der Waals surface area (Å²) < 4.78 is 0. The van der Waals surface area contributed by atoms with E-state index in [1.54, 1.807) is 23.4 Å². The first-order valence-electron chi connectivity index (χ1n) is 10.1. The molecule has 1 unspecified atom stereocenters. The summed E-state index contributed by atoms with van der Waals surface area (Å²) in [6.07, 6.45) is 6.45. The van der Waals surface area contributed by atoms with Crippen LogP contribution >= 0.6 is 23.2 Å². The van der Waals surface area contributed by atoms with E-state index in [0.29, 0.717) is 21.2 Å². The maximum absolute atomic E-state index is 12.8. The number of carbonyl (C=O) groups is 1. The van der Waals surface area contributed by atoms with Gasteiger partial charge in [-0.15, -0.1) is 0 Å². The third kappa shape index (κ3) is 5.47. The number of hydrogen-bond acceptors (Lipinski definition) is 5. The van der Waals surface area contributed by atoms with E-state index in [0.717, 1.165) is 37.1 Å². The second kappa shape index (κ2) is 10.3. The molecule has 1 saturated heterocycles. The molecule has 1 fully saturated rings. The van der Waals surface area contributed by atoms with E-state index in [-0.39, 0.29) is 18.1 Å². The lowest BCUT2D eigenvalue weighted by Gasteiger charge is -2.35. The summed E-state index contributed by atoms with van der Waals surface area (Å²) >= 11 is 13.2. The van der Waals surface area contributed by atoms with Gasteiger partial charge in [0.1, 0.15) is 0 Å². The normalized spacial score (nSPS) is 16.4. The summed E-state index contributed by atoms with van der Waals surface area (Å²) in [6.45, 7) is 3.86. The molecule has 0 saturated carbocycles. The highest BCUT2D eigenvalue weighted by atomic mass is 35.5. The van der Waals surface area contributed by atoms with Gasteiger partial charge in [0.25, 0.3) is 0 Å². The van der Waals surface area contributed by atoms with Crippen molar-refractivity contribution >= 4 is 35.4 Å². The number of urea groups is 1. The zero-order chi connectivity index (χ0) is 22.5. The van der Waals surface area contributed by atoms with Crippen LogP contribution < -0.4 is 5.32 Å². The fourth-order valence-electron chi connectivity index (χ4n) is 3.78. The van der Waals surface area contributed by atoms with Crippen LogP contribution in [0.4, 0.5) is 4.79 Å². The maximum Gasteiger partial charge on any atom is 0.317 e. The molecule has 1 aliphatic heterocycles. The summed E-state index contributed by atoms with van der Waals surface area (Å²) in [5.74, 6) is 0. The lowest BCUT2D eigenvalue weighted by Crippen LogP contribution is -2.48. The van der Waals surface area contributed by atoms with Crippen molar-refractivity contribution in [3.05, 3.63) is 51.8 Å². The first-order chi connectivity index (χ1) is 14.8. The molecule has 1 aliphatic rings. The number of nitrogens with zero attached hydrogens (tertiary/aromatic N) is 4. The van der Waals surface area contributed by atoms with Gasteiger partial charge in [0, 0.05) is 42.2 Å². The molecule has 7 nitrogen and oxygen atoms in total. The molecule has 0 spiro atoms. The first-order valence-corrected chi connectivity index (χ1v) is 10.9. The SMILES string of the molecule is CC(NC(=O)N(C)C1CCN(C)CC1)c1ccc(-c2cncc(/C=N/O)c2)c(Cl)c1Cl. The number of aromatic nitrogens is 1. The van der Waals surface area contributed by atoms with Crippen LogP contribution in [0, 0.1) is 0 Å². The standard InChI is InChI=1S/C22H27Cl2N5O2/c1-14(27-22(30)29(3)17-6-8-28(2)9-7-17)18-4-5-19(21(24)20(18)23)16-10-15(12-26-31)11-25-13-16/h4-5,10-14,17,31H,6-9H2,1-3H3,(H,27,30)/b26-12+. The Morgan fingerprint density at radius 3 is 2.71 bits per heavy atom. The second-order valence-corrected chi connectivity index (χ2v) is 8.65. The van der Waals surface area contributed by atoms with Crippen LogP contribution in [0.15, 0.2) is 35.7 Å². The molecule has 1 aromatic heterocycles. The summed E-state index contributed by atoms with van der Waals surface area (Å²) in [6, 6.07) is 5.30. The van der Waals surface area contributed by atoms with Crippen LogP contribution in [0.25, 0.3) is 11.1 Å². The molecule has 1 aromatic carbocycles. The molecule has 1 atom stereocenters. The number of nitrogens with one attached hydrogen (secondary N) is 1. The lowest BCUT2D eigenvalue weighted by atomic mass is 10.0. The molecule has 9 heteroatoms. The van der Waals surface area contributed by atoms with E-state index < -0.39 is 0 Å². The lowest BCUT2D eigenvalue weighted by molar-refractivity contribution is 0.146. The molecule has 166 valence electrons. The van der Waals surface area contributed by atoms with Gasteiger partial charge >= 0.3 is 6.03 Å². The predicted molar refractivity (Wildman–Crippen MR) is 124 cm³/mol. The molecular formula is C22H27Cl2N5O2. The van der Waals surface area contributed by atoms with E-state index in [1.807, 2.05) is 26.1 Å². The van der Waals surface area contributed by atoms with Crippen LogP contribution in [0.3, 0.4) is 0 Å². The Bertz CT molecular complexity index is 961. The van der Waals surface area contributed by atoms with Gasteiger partial charge in [-0.2, -0.15) is 0 Å². The van der Waals surface area contributed by atoms with Crippen molar-refractivity contribution < 1.29 is 10.0 Å². The van der Waals surface area contributed by atoms with Gasteiger partial charge in [-0.1, -0.05) is 40.5 Å². The van der Waals surface area contributed by atoms with Crippen LogP contribution in [-0.4, -0.2) is 65.5 Å². The monoisotopic (exact) mass is 463 g/mol. The molecule has 0 bridgehead atoms. The number of piperidine rings is 1. The van der Waals surface area contributed by atoms with Gasteiger partial charge in [-0.3, -0.25) is 4.98 Å². The third-order valence-corrected chi connectivity index (χ3v) is 6.65. The highest BCUT2D eigenvalue weighted by Crippen LogP contribution is 2.38. The maximum atomic E-state index is 12.8. The highest BCUT2D eigenvalue weighted by molar-refractivity contribution is 6.44. The molecule has 0 radical (unpaired) electrons. The highest BCUT2D eigenvalue weighted by Gasteiger charge is 2.25. The van der Waals surface area contributed by atoms with Gasteiger partial charge < -0.3 is 20.3 Å². The van der Waals surface area contributed by atoms with Crippen LogP contribution in [-0.2, 0) is 0 Å². The molecule has 2 N–H and O–H groups in total. The predicted octanol–water partition coefficient (Wildman–Crippen LogP) is 4.66. The molecule has 2 heterocycles. The minimum absolute atomic E-state index is 0.126. The minimum Gasteiger partial charge on any atom is -0.411 e. The number of benzene rings is 1. The number of carbonyl (C=O) groups excluding carboxylic acids is 1. The Labute approximate surface area is 192 Å². The number of hydrogen-bond donors (Lipinski definition) is 2. The third-order valence-electron chi connectivity index (χ3n) is 5.75. The minimum atomic E-state index is -0.314. The number of rotatable bonds is 5. The van der Waals surface area contributed by atoms with E-state index in [1.165, 1.54) is 6.21 Å². The Kier molecular flexibility index (Phi) is 7.75. The van der Waals surface area contributed by atoms with E-state index in [9.17, 15) is 4.79 Å². The molecule has 3 rings (SSSR count). The first kappa shape index (κ1) is 23.3. The van der Waals surface area contributed by atoms with E-state index in [4.69, 9.17) is 28.4 Å². The van der Waals surface area contributed by atoms with Crippen molar-refractivity contribution in [3.8, 4) is 11.1 Å². The largest absolute Gasteiger partial charge is 0.411 e. The van der Waals surface area contributed by atoms with Crippen molar-refractivity contribution in [2.24, 2.45) is 5.16 Å². The quantitative estimate of drug-likeness (QED) is 0.383. The Morgan fingerprint density at radius 1 is 1.32 bits per heavy atom. The Morgan fingerprint density at radius 2 is 2.03 bits per heavy atom.